The molecule has 0 amide bonds. The average molecular weight is 392 g/mol. The van der Waals surface area contributed by atoms with Crippen LogP contribution in [0, 0.1) is 0 Å². The summed E-state index contributed by atoms with van der Waals surface area (Å²) in [5, 5.41) is 3.43. The van der Waals surface area contributed by atoms with E-state index in [2.05, 4.69) is 22.2 Å². The van der Waals surface area contributed by atoms with E-state index in [9.17, 15) is 13.2 Å². The number of hydrogen-bond acceptors (Lipinski definition) is 4. The van der Waals surface area contributed by atoms with Crippen molar-refractivity contribution in [1.29, 1.82) is 0 Å². The fourth-order valence-corrected chi connectivity index (χ4v) is 4.03. The van der Waals surface area contributed by atoms with Gasteiger partial charge in [0.1, 0.15) is 5.82 Å². The molecule has 1 saturated heterocycles. The van der Waals surface area contributed by atoms with Crippen molar-refractivity contribution < 1.29 is 13.2 Å². The van der Waals surface area contributed by atoms with Gasteiger partial charge in [0.25, 0.3) is 0 Å². The number of halogens is 3. The van der Waals surface area contributed by atoms with Gasteiger partial charge in [0.2, 0.25) is 0 Å². The molecule has 2 aromatic heterocycles. The standard InChI is InChI=1S/C19H19F3N4S/c1-11-8-13(6-7-23-11)18-24-10-17-16(26-18)9-15(25-17)12-2-4-14(5-3-12)27-19(20,21)22/h2-5,9-11,13,23,25H,6-8H2,1H3. The highest BCUT2D eigenvalue weighted by molar-refractivity contribution is 8.00. The molecule has 0 aliphatic carbocycles. The molecule has 1 fully saturated rings. The van der Waals surface area contributed by atoms with Crippen molar-refractivity contribution in [2.75, 3.05) is 6.54 Å². The van der Waals surface area contributed by atoms with Crippen LogP contribution in [0.4, 0.5) is 13.2 Å². The second kappa shape index (κ2) is 7.16. The normalized spacial score (nSPS) is 20.9. The first-order chi connectivity index (χ1) is 12.9. The number of hydrogen-bond donors (Lipinski definition) is 2. The monoisotopic (exact) mass is 392 g/mol. The van der Waals surface area contributed by atoms with E-state index in [0.29, 0.717) is 12.0 Å². The van der Waals surface area contributed by atoms with Gasteiger partial charge < -0.3 is 10.3 Å². The van der Waals surface area contributed by atoms with Gasteiger partial charge in [-0.25, -0.2) is 9.97 Å². The van der Waals surface area contributed by atoms with Crippen molar-refractivity contribution in [3.63, 3.8) is 0 Å². The summed E-state index contributed by atoms with van der Waals surface area (Å²) in [5.74, 6) is 1.21. The molecule has 2 atom stereocenters. The summed E-state index contributed by atoms with van der Waals surface area (Å²) < 4.78 is 37.4. The molecule has 1 aliphatic heterocycles. The van der Waals surface area contributed by atoms with Crippen molar-refractivity contribution in [2.24, 2.45) is 0 Å². The first-order valence-electron chi connectivity index (χ1n) is 8.82. The summed E-state index contributed by atoms with van der Waals surface area (Å²) in [5.41, 5.74) is -0.990. The Hall–Kier alpha value is -2.06. The summed E-state index contributed by atoms with van der Waals surface area (Å²) in [7, 11) is 0. The third-order valence-corrected chi connectivity index (χ3v) is 5.51. The highest BCUT2D eigenvalue weighted by Gasteiger charge is 2.29. The van der Waals surface area contributed by atoms with Crippen molar-refractivity contribution in [1.82, 2.24) is 20.3 Å². The Morgan fingerprint density at radius 2 is 1.96 bits per heavy atom. The topological polar surface area (TPSA) is 53.6 Å². The molecule has 27 heavy (non-hydrogen) atoms. The maximum atomic E-state index is 12.5. The fourth-order valence-electron chi connectivity index (χ4n) is 3.49. The molecule has 2 N–H and O–H groups in total. The van der Waals surface area contributed by atoms with Crippen LogP contribution in [0.25, 0.3) is 22.3 Å². The van der Waals surface area contributed by atoms with E-state index in [1.54, 1.807) is 18.3 Å². The first kappa shape index (κ1) is 18.3. The summed E-state index contributed by atoms with van der Waals surface area (Å²) in [6.45, 7) is 3.13. The lowest BCUT2D eigenvalue weighted by Crippen LogP contribution is -2.35. The van der Waals surface area contributed by atoms with E-state index in [1.165, 1.54) is 12.1 Å². The Bertz CT molecular complexity index is 936. The Balaban J connectivity index is 1.58. The van der Waals surface area contributed by atoms with Gasteiger partial charge in [0.05, 0.1) is 17.2 Å². The second-order valence-corrected chi connectivity index (χ2v) is 8.00. The van der Waals surface area contributed by atoms with E-state index in [-0.39, 0.29) is 16.7 Å². The number of rotatable bonds is 3. The van der Waals surface area contributed by atoms with Gasteiger partial charge in [0, 0.05) is 22.5 Å². The van der Waals surface area contributed by atoms with Gasteiger partial charge in [-0.3, -0.25) is 0 Å². The van der Waals surface area contributed by atoms with E-state index in [1.807, 2.05) is 6.07 Å². The van der Waals surface area contributed by atoms with Gasteiger partial charge in [-0.05, 0) is 61.8 Å². The Morgan fingerprint density at radius 3 is 2.67 bits per heavy atom. The van der Waals surface area contributed by atoms with Gasteiger partial charge >= 0.3 is 5.51 Å². The van der Waals surface area contributed by atoms with Gasteiger partial charge in [-0.1, -0.05) is 12.1 Å². The summed E-state index contributed by atoms with van der Waals surface area (Å²) in [4.78, 5) is 12.7. The summed E-state index contributed by atoms with van der Waals surface area (Å²) in [6, 6.07) is 8.71. The number of fused-ring (bicyclic) bond motifs is 1. The molecule has 1 aromatic carbocycles. The van der Waals surface area contributed by atoms with Crippen LogP contribution in [0.15, 0.2) is 41.4 Å². The smallest absolute Gasteiger partial charge is 0.352 e. The Morgan fingerprint density at radius 1 is 1.19 bits per heavy atom. The zero-order valence-corrected chi connectivity index (χ0v) is 15.5. The summed E-state index contributed by atoms with van der Waals surface area (Å²) >= 11 is -0.110. The highest BCUT2D eigenvalue weighted by Crippen LogP contribution is 2.37. The van der Waals surface area contributed by atoms with Crippen LogP contribution in [-0.4, -0.2) is 33.0 Å². The quantitative estimate of drug-likeness (QED) is 0.610. The summed E-state index contributed by atoms with van der Waals surface area (Å²) in [6.07, 6.45) is 3.83. The minimum atomic E-state index is -4.28. The number of aromatic amines is 1. The van der Waals surface area contributed by atoms with Crippen molar-refractivity contribution in [3.8, 4) is 11.3 Å². The lowest BCUT2D eigenvalue weighted by molar-refractivity contribution is -0.0328. The van der Waals surface area contributed by atoms with Gasteiger partial charge in [-0.15, -0.1) is 0 Å². The third-order valence-electron chi connectivity index (χ3n) is 4.77. The molecule has 0 radical (unpaired) electrons. The predicted molar refractivity (Wildman–Crippen MR) is 101 cm³/mol. The average Bonchev–Trinajstić information content (AvgIpc) is 3.04. The largest absolute Gasteiger partial charge is 0.446 e. The molecule has 3 heterocycles. The molecule has 2 unspecified atom stereocenters. The number of benzene rings is 1. The molecule has 4 nitrogen and oxygen atoms in total. The van der Waals surface area contributed by atoms with E-state index < -0.39 is 5.51 Å². The fraction of sp³-hybridized carbons (Fsp3) is 0.368. The molecular formula is C19H19F3N4S. The number of H-pyrrole nitrogens is 1. The Labute approximate surface area is 159 Å². The van der Waals surface area contributed by atoms with Crippen LogP contribution >= 0.6 is 11.8 Å². The molecule has 0 spiro atoms. The number of piperidine rings is 1. The molecule has 0 saturated carbocycles. The minimum absolute atomic E-state index is 0.110. The molecule has 3 aromatic rings. The molecule has 142 valence electrons. The minimum Gasteiger partial charge on any atom is -0.352 e. The lowest BCUT2D eigenvalue weighted by atomic mass is 9.92. The third kappa shape index (κ3) is 4.27. The SMILES string of the molecule is CC1CC(c2ncc3[nH]c(-c4ccc(SC(F)(F)F)cc4)cc3n2)CCN1. The van der Waals surface area contributed by atoms with Crippen LogP contribution in [0.1, 0.15) is 31.5 Å². The zero-order chi connectivity index (χ0) is 19.0. The maximum absolute atomic E-state index is 12.5. The van der Waals surface area contributed by atoms with Crippen LogP contribution in [0.5, 0.6) is 0 Å². The highest BCUT2D eigenvalue weighted by atomic mass is 32.2. The lowest BCUT2D eigenvalue weighted by Gasteiger charge is -2.26. The Kier molecular flexibility index (Phi) is 4.86. The zero-order valence-electron chi connectivity index (χ0n) is 14.7. The number of alkyl halides is 3. The van der Waals surface area contributed by atoms with Crippen LogP contribution in [0.2, 0.25) is 0 Å². The molecule has 8 heteroatoms. The number of thioether (sulfide) groups is 1. The maximum Gasteiger partial charge on any atom is 0.446 e. The van der Waals surface area contributed by atoms with Gasteiger partial charge in [-0.2, -0.15) is 13.2 Å². The van der Waals surface area contributed by atoms with Crippen LogP contribution < -0.4 is 5.32 Å². The molecule has 1 aliphatic rings. The van der Waals surface area contributed by atoms with E-state index >= 15 is 0 Å². The molecule has 4 rings (SSSR count). The number of nitrogens with one attached hydrogen (secondary N) is 2. The van der Waals surface area contributed by atoms with E-state index in [4.69, 9.17) is 4.98 Å². The van der Waals surface area contributed by atoms with E-state index in [0.717, 1.165) is 47.5 Å². The van der Waals surface area contributed by atoms with Crippen molar-refractivity contribution in [3.05, 3.63) is 42.4 Å². The van der Waals surface area contributed by atoms with Gasteiger partial charge in [0.15, 0.2) is 0 Å². The van der Waals surface area contributed by atoms with Crippen LogP contribution in [-0.2, 0) is 0 Å². The predicted octanol–water partition coefficient (Wildman–Crippen LogP) is 5.09. The molecular weight excluding hydrogens is 373 g/mol. The number of aromatic nitrogens is 3. The second-order valence-electron chi connectivity index (χ2n) is 6.86. The van der Waals surface area contributed by atoms with Crippen molar-refractivity contribution in [2.45, 2.75) is 42.1 Å². The van der Waals surface area contributed by atoms with Crippen molar-refractivity contribution >= 4 is 22.8 Å². The number of nitrogens with zero attached hydrogens (tertiary/aromatic N) is 2. The molecule has 0 bridgehead atoms. The first-order valence-corrected chi connectivity index (χ1v) is 9.64. The van der Waals surface area contributed by atoms with Crippen LogP contribution in [0.3, 0.4) is 0 Å².